The van der Waals surface area contributed by atoms with E-state index < -0.39 is 0 Å². The number of nitrogens with two attached hydrogens (primary N) is 1. The summed E-state index contributed by atoms with van der Waals surface area (Å²) >= 11 is 0. The van der Waals surface area contributed by atoms with Gasteiger partial charge in [-0.1, -0.05) is 37.1 Å². The van der Waals surface area contributed by atoms with Gasteiger partial charge in [0.1, 0.15) is 0 Å². The van der Waals surface area contributed by atoms with Crippen molar-refractivity contribution in [3.63, 3.8) is 0 Å². The van der Waals surface area contributed by atoms with Gasteiger partial charge in [-0.05, 0) is 50.2 Å². The quantitative estimate of drug-likeness (QED) is 0.822. The van der Waals surface area contributed by atoms with Gasteiger partial charge in [0.25, 0.3) is 0 Å². The Morgan fingerprint density at radius 3 is 2.56 bits per heavy atom. The smallest absolute Gasteiger partial charge is 0.0138 e. The van der Waals surface area contributed by atoms with Crippen molar-refractivity contribution in [2.75, 3.05) is 0 Å². The van der Waals surface area contributed by atoms with Crippen molar-refractivity contribution in [2.45, 2.75) is 57.4 Å². The van der Waals surface area contributed by atoms with Gasteiger partial charge in [-0.25, -0.2) is 0 Å². The van der Waals surface area contributed by atoms with Gasteiger partial charge < -0.3 is 5.73 Å². The molecule has 0 aliphatic heterocycles. The van der Waals surface area contributed by atoms with E-state index in [0.29, 0.717) is 0 Å². The van der Waals surface area contributed by atoms with Crippen LogP contribution in [0.5, 0.6) is 0 Å². The van der Waals surface area contributed by atoms with Gasteiger partial charge in [0, 0.05) is 5.54 Å². The van der Waals surface area contributed by atoms with E-state index in [9.17, 15) is 0 Å². The van der Waals surface area contributed by atoms with Gasteiger partial charge in [-0.3, -0.25) is 0 Å². The van der Waals surface area contributed by atoms with Crippen LogP contribution in [0.1, 0.15) is 56.6 Å². The number of hydrogen-bond acceptors (Lipinski definition) is 1. The molecule has 1 fully saturated rings. The SMILES string of the molecule is CC(C)(N)Cc1cccc(C2CCCC2)c1. The van der Waals surface area contributed by atoms with Crippen molar-refractivity contribution in [3.8, 4) is 0 Å². The van der Waals surface area contributed by atoms with Crippen LogP contribution < -0.4 is 5.73 Å². The molecule has 0 unspecified atom stereocenters. The standard InChI is InChI=1S/C15H23N/c1-15(2,16)11-12-6-5-9-14(10-12)13-7-3-4-8-13/h5-6,9-10,13H,3-4,7-8,11,16H2,1-2H3. The summed E-state index contributed by atoms with van der Waals surface area (Å²) in [5.74, 6) is 0.806. The fraction of sp³-hybridized carbons (Fsp3) is 0.600. The minimum absolute atomic E-state index is 0.103. The molecule has 0 amide bonds. The van der Waals surface area contributed by atoms with Gasteiger partial charge in [0.05, 0.1) is 0 Å². The Bertz CT molecular complexity index is 343. The van der Waals surface area contributed by atoms with E-state index in [4.69, 9.17) is 5.73 Å². The molecule has 1 aliphatic rings. The van der Waals surface area contributed by atoms with E-state index >= 15 is 0 Å². The average Bonchev–Trinajstić information content (AvgIpc) is 2.68. The summed E-state index contributed by atoms with van der Waals surface area (Å²) < 4.78 is 0. The zero-order valence-electron chi connectivity index (χ0n) is 10.5. The summed E-state index contributed by atoms with van der Waals surface area (Å²) in [6.45, 7) is 4.19. The van der Waals surface area contributed by atoms with Crippen molar-refractivity contribution < 1.29 is 0 Å². The first kappa shape index (κ1) is 11.7. The second-order valence-electron chi connectivity index (χ2n) is 5.89. The Hall–Kier alpha value is -0.820. The fourth-order valence-corrected chi connectivity index (χ4v) is 2.74. The van der Waals surface area contributed by atoms with Gasteiger partial charge >= 0.3 is 0 Å². The van der Waals surface area contributed by atoms with E-state index in [-0.39, 0.29) is 5.54 Å². The second kappa shape index (κ2) is 4.58. The third-order valence-electron chi connectivity index (χ3n) is 3.44. The van der Waals surface area contributed by atoms with Crippen LogP contribution in [0.3, 0.4) is 0 Å². The summed E-state index contributed by atoms with van der Waals surface area (Å²) in [6.07, 6.45) is 6.51. The molecule has 0 heterocycles. The molecule has 0 aromatic heterocycles. The predicted molar refractivity (Wildman–Crippen MR) is 69.6 cm³/mol. The lowest BCUT2D eigenvalue weighted by atomic mass is 9.91. The Kier molecular flexibility index (Phi) is 3.34. The molecule has 88 valence electrons. The van der Waals surface area contributed by atoms with Crippen LogP contribution >= 0.6 is 0 Å². The number of rotatable bonds is 3. The highest BCUT2D eigenvalue weighted by atomic mass is 14.7. The lowest BCUT2D eigenvalue weighted by Gasteiger charge is -2.19. The first-order valence-corrected chi connectivity index (χ1v) is 6.42. The van der Waals surface area contributed by atoms with Crippen molar-refractivity contribution >= 4 is 0 Å². The average molecular weight is 217 g/mol. The van der Waals surface area contributed by atoms with Crippen LogP contribution in [0.2, 0.25) is 0 Å². The maximum atomic E-state index is 6.07. The van der Waals surface area contributed by atoms with Crippen molar-refractivity contribution in [1.82, 2.24) is 0 Å². The summed E-state index contributed by atoms with van der Waals surface area (Å²) in [5, 5.41) is 0. The number of hydrogen-bond donors (Lipinski definition) is 1. The molecule has 1 nitrogen and oxygen atoms in total. The highest BCUT2D eigenvalue weighted by Gasteiger charge is 2.18. The maximum Gasteiger partial charge on any atom is 0.0138 e. The summed E-state index contributed by atoms with van der Waals surface area (Å²) in [7, 11) is 0. The Morgan fingerprint density at radius 1 is 1.25 bits per heavy atom. The molecule has 1 saturated carbocycles. The fourth-order valence-electron chi connectivity index (χ4n) is 2.74. The van der Waals surface area contributed by atoms with Crippen LogP contribution in [0.15, 0.2) is 24.3 Å². The maximum absolute atomic E-state index is 6.07. The monoisotopic (exact) mass is 217 g/mol. The third kappa shape index (κ3) is 3.08. The molecule has 0 radical (unpaired) electrons. The van der Waals surface area contributed by atoms with Crippen LogP contribution in [0.25, 0.3) is 0 Å². The molecule has 1 heteroatoms. The minimum Gasteiger partial charge on any atom is -0.325 e. The molecule has 0 bridgehead atoms. The molecule has 16 heavy (non-hydrogen) atoms. The van der Waals surface area contributed by atoms with Crippen LogP contribution in [-0.2, 0) is 6.42 Å². The summed E-state index contributed by atoms with van der Waals surface area (Å²) in [4.78, 5) is 0. The van der Waals surface area contributed by atoms with Crippen LogP contribution in [0, 0.1) is 0 Å². The molecule has 1 aromatic rings. The van der Waals surface area contributed by atoms with Crippen molar-refractivity contribution in [1.29, 1.82) is 0 Å². The Labute approximate surface area is 99.0 Å². The lowest BCUT2D eigenvalue weighted by molar-refractivity contribution is 0.516. The molecular weight excluding hydrogens is 194 g/mol. The van der Waals surface area contributed by atoms with E-state index in [0.717, 1.165) is 12.3 Å². The Morgan fingerprint density at radius 2 is 1.94 bits per heavy atom. The summed E-state index contributed by atoms with van der Waals surface area (Å²) in [6, 6.07) is 9.04. The predicted octanol–water partition coefficient (Wildman–Crippen LogP) is 3.62. The van der Waals surface area contributed by atoms with E-state index in [2.05, 4.69) is 38.1 Å². The van der Waals surface area contributed by atoms with Crippen molar-refractivity contribution in [2.24, 2.45) is 5.73 Å². The Balaban J connectivity index is 2.12. The largest absolute Gasteiger partial charge is 0.325 e. The van der Waals surface area contributed by atoms with Crippen molar-refractivity contribution in [3.05, 3.63) is 35.4 Å². The van der Waals surface area contributed by atoms with Crippen LogP contribution in [0.4, 0.5) is 0 Å². The van der Waals surface area contributed by atoms with E-state index in [1.807, 2.05) is 0 Å². The molecule has 2 N–H and O–H groups in total. The highest BCUT2D eigenvalue weighted by molar-refractivity contribution is 5.28. The van der Waals surface area contributed by atoms with Gasteiger partial charge in [-0.15, -0.1) is 0 Å². The molecule has 0 saturated heterocycles. The number of benzene rings is 1. The molecule has 2 rings (SSSR count). The van der Waals surface area contributed by atoms with E-state index in [1.54, 1.807) is 0 Å². The molecule has 1 aromatic carbocycles. The van der Waals surface area contributed by atoms with Crippen LogP contribution in [-0.4, -0.2) is 5.54 Å². The first-order chi connectivity index (χ1) is 7.54. The minimum atomic E-state index is -0.103. The molecule has 0 atom stereocenters. The highest BCUT2D eigenvalue weighted by Crippen LogP contribution is 2.34. The third-order valence-corrected chi connectivity index (χ3v) is 3.44. The zero-order chi connectivity index (χ0) is 11.6. The molecule has 0 spiro atoms. The second-order valence-corrected chi connectivity index (χ2v) is 5.89. The van der Waals surface area contributed by atoms with Gasteiger partial charge in [0.2, 0.25) is 0 Å². The van der Waals surface area contributed by atoms with E-state index in [1.165, 1.54) is 36.8 Å². The first-order valence-electron chi connectivity index (χ1n) is 6.42. The normalized spacial score (nSPS) is 17.9. The summed E-state index contributed by atoms with van der Waals surface area (Å²) in [5.41, 5.74) is 8.88. The molecule has 1 aliphatic carbocycles. The van der Waals surface area contributed by atoms with Gasteiger partial charge in [0.15, 0.2) is 0 Å². The lowest BCUT2D eigenvalue weighted by Crippen LogP contribution is -2.34. The molecular formula is C15H23N. The topological polar surface area (TPSA) is 26.0 Å². The van der Waals surface area contributed by atoms with Gasteiger partial charge in [-0.2, -0.15) is 0 Å². The zero-order valence-corrected chi connectivity index (χ0v) is 10.5.